The van der Waals surface area contributed by atoms with E-state index in [0.29, 0.717) is 25.1 Å². The number of rotatable bonds is 12. The van der Waals surface area contributed by atoms with Crippen LogP contribution in [-0.4, -0.2) is 71.1 Å². The molecule has 3 rings (SSSR count). The van der Waals surface area contributed by atoms with Crippen molar-refractivity contribution < 1.29 is 33.8 Å². The molecule has 3 aliphatic carbocycles. The number of ketones is 1. The SMILES string of the molecule is C=C[C@]1(C)C[C@@H](OC(=O)CSC(C)(C)CNC(=O)[C@H](N/C(C)=C\C(=O)OC)C(C)C)[C@@]2(C)C(C)CCC3(CCC(=O)C32)[C@@H](C)C1O. The third-order valence-electron chi connectivity index (χ3n) is 11.7. The van der Waals surface area contributed by atoms with Crippen LogP contribution in [0.4, 0.5) is 0 Å². The van der Waals surface area contributed by atoms with E-state index >= 15 is 0 Å². The largest absolute Gasteiger partial charge is 0.466 e. The first-order chi connectivity index (χ1) is 21.3. The third-order valence-corrected chi connectivity index (χ3v) is 13.0. The Morgan fingerprint density at radius 3 is 2.43 bits per heavy atom. The zero-order valence-electron chi connectivity index (χ0n) is 29.7. The van der Waals surface area contributed by atoms with Gasteiger partial charge in [0.1, 0.15) is 17.9 Å². The smallest absolute Gasteiger partial charge is 0.332 e. The first kappa shape index (κ1) is 38.1. The van der Waals surface area contributed by atoms with E-state index in [4.69, 9.17) is 4.74 Å². The predicted octanol–water partition coefficient (Wildman–Crippen LogP) is 5.21. The molecule has 0 spiro atoms. The van der Waals surface area contributed by atoms with Gasteiger partial charge in [0.25, 0.3) is 0 Å². The van der Waals surface area contributed by atoms with Gasteiger partial charge in [-0.1, -0.05) is 47.6 Å². The lowest BCUT2D eigenvalue weighted by Gasteiger charge is -2.61. The Morgan fingerprint density at radius 1 is 1.20 bits per heavy atom. The van der Waals surface area contributed by atoms with Gasteiger partial charge in [-0.15, -0.1) is 18.3 Å². The van der Waals surface area contributed by atoms with Crippen LogP contribution >= 0.6 is 11.8 Å². The lowest BCUT2D eigenvalue weighted by Crippen LogP contribution is -2.63. The molecule has 3 N–H and O–H groups in total. The van der Waals surface area contributed by atoms with Crippen LogP contribution in [0.3, 0.4) is 0 Å². The number of carbonyl (C=O) groups is 4. The fourth-order valence-corrected chi connectivity index (χ4v) is 9.22. The first-order valence-electron chi connectivity index (χ1n) is 16.8. The highest BCUT2D eigenvalue weighted by molar-refractivity contribution is 8.01. The van der Waals surface area contributed by atoms with Gasteiger partial charge in [-0.25, -0.2) is 4.79 Å². The van der Waals surface area contributed by atoms with Crippen molar-refractivity contribution in [3.63, 3.8) is 0 Å². The van der Waals surface area contributed by atoms with Crippen LogP contribution in [0.25, 0.3) is 0 Å². The van der Waals surface area contributed by atoms with Crippen LogP contribution in [-0.2, 0) is 28.7 Å². The minimum Gasteiger partial charge on any atom is -0.466 e. The molecule has 0 heterocycles. The van der Waals surface area contributed by atoms with Crippen LogP contribution < -0.4 is 10.6 Å². The number of carbonyl (C=O) groups excluding carboxylic acids is 4. The second-order valence-corrected chi connectivity index (χ2v) is 17.2. The Balaban J connectivity index is 1.74. The zero-order valence-corrected chi connectivity index (χ0v) is 30.5. The summed E-state index contributed by atoms with van der Waals surface area (Å²) in [7, 11) is 1.30. The molecule has 3 saturated carbocycles. The monoisotopic (exact) mass is 662 g/mol. The van der Waals surface area contributed by atoms with Gasteiger partial charge in [0.2, 0.25) is 5.91 Å². The number of allylic oxidation sites excluding steroid dienone is 1. The van der Waals surface area contributed by atoms with E-state index in [1.807, 2.05) is 34.6 Å². The summed E-state index contributed by atoms with van der Waals surface area (Å²) in [6.07, 6.45) is 5.30. The number of thioether (sulfide) groups is 1. The van der Waals surface area contributed by atoms with Gasteiger partial charge in [0.15, 0.2) is 0 Å². The zero-order chi connectivity index (χ0) is 34.8. The van der Waals surface area contributed by atoms with Gasteiger partial charge >= 0.3 is 11.9 Å². The van der Waals surface area contributed by atoms with E-state index in [1.54, 1.807) is 13.0 Å². The Hall–Kier alpha value is -2.33. The third kappa shape index (κ3) is 7.53. The number of amides is 1. The number of esters is 2. The van der Waals surface area contributed by atoms with Crippen molar-refractivity contribution in [2.24, 2.45) is 39.9 Å². The summed E-state index contributed by atoms with van der Waals surface area (Å²) in [5.41, 5.74) is -1.04. The molecule has 1 amide bonds. The highest BCUT2D eigenvalue weighted by Crippen LogP contribution is 2.68. The average molecular weight is 663 g/mol. The van der Waals surface area contributed by atoms with Crippen LogP contribution in [0, 0.1) is 39.9 Å². The maximum absolute atomic E-state index is 13.6. The van der Waals surface area contributed by atoms with Crippen LogP contribution in [0.2, 0.25) is 0 Å². The molecule has 260 valence electrons. The number of nitrogens with one attached hydrogen (secondary N) is 2. The number of methoxy groups -OCH3 is 1. The second kappa shape index (κ2) is 14.4. The summed E-state index contributed by atoms with van der Waals surface area (Å²) in [5.74, 6) is -1.02. The van der Waals surface area contributed by atoms with Crippen LogP contribution in [0.1, 0.15) is 94.4 Å². The minimum atomic E-state index is -0.710. The number of Topliss-reactive ketones (excluding diaryl/α,β-unsaturated/α-hetero) is 1. The van der Waals surface area contributed by atoms with E-state index < -0.39 is 39.8 Å². The quantitative estimate of drug-likeness (QED) is 0.146. The van der Waals surface area contributed by atoms with Crippen LogP contribution in [0.5, 0.6) is 0 Å². The molecule has 0 aromatic heterocycles. The number of aliphatic hydroxyl groups is 1. The summed E-state index contributed by atoms with van der Waals surface area (Å²) in [5, 5.41) is 17.8. The summed E-state index contributed by atoms with van der Waals surface area (Å²) >= 11 is 1.40. The lowest BCUT2D eigenvalue weighted by atomic mass is 9.44. The van der Waals surface area contributed by atoms with Gasteiger partial charge in [-0.3, -0.25) is 14.4 Å². The summed E-state index contributed by atoms with van der Waals surface area (Å²) < 4.78 is 10.6. The molecule has 2 bridgehead atoms. The molecule has 10 heteroatoms. The number of hydrogen-bond acceptors (Lipinski definition) is 9. The molecule has 3 fully saturated rings. The van der Waals surface area contributed by atoms with Crippen molar-refractivity contribution in [1.82, 2.24) is 10.6 Å². The molecule has 46 heavy (non-hydrogen) atoms. The van der Waals surface area contributed by atoms with Gasteiger partial charge < -0.3 is 25.2 Å². The highest BCUT2D eigenvalue weighted by atomic mass is 32.2. The normalized spacial score (nSPS) is 35.3. The second-order valence-electron chi connectivity index (χ2n) is 15.5. The topological polar surface area (TPSA) is 131 Å². The highest BCUT2D eigenvalue weighted by Gasteiger charge is 2.68. The Kier molecular flexibility index (Phi) is 12.0. The van der Waals surface area contributed by atoms with E-state index in [1.165, 1.54) is 24.9 Å². The van der Waals surface area contributed by atoms with Crippen molar-refractivity contribution in [2.75, 3.05) is 19.4 Å². The molecule has 3 aliphatic rings. The van der Waals surface area contributed by atoms with Crippen LogP contribution in [0.15, 0.2) is 24.4 Å². The predicted molar refractivity (Wildman–Crippen MR) is 182 cm³/mol. The Bertz CT molecular complexity index is 1220. The maximum atomic E-state index is 13.6. The summed E-state index contributed by atoms with van der Waals surface area (Å²) in [6, 6.07) is -0.563. The van der Waals surface area contributed by atoms with E-state index in [2.05, 4.69) is 42.7 Å². The molecule has 0 radical (unpaired) electrons. The van der Waals surface area contributed by atoms with Gasteiger partial charge in [-0.2, -0.15) is 0 Å². The van der Waals surface area contributed by atoms with Crippen molar-refractivity contribution in [1.29, 1.82) is 0 Å². The van der Waals surface area contributed by atoms with E-state index in [-0.39, 0.29) is 52.5 Å². The molecule has 9 nitrogen and oxygen atoms in total. The molecular formula is C36H58N2O7S. The van der Waals surface area contributed by atoms with Crippen molar-refractivity contribution >= 4 is 35.4 Å². The maximum Gasteiger partial charge on any atom is 0.332 e. The van der Waals surface area contributed by atoms with Crippen molar-refractivity contribution in [3.05, 3.63) is 24.4 Å². The first-order valence-corrected chi connectivity index (χ1v) is 17.7. The minimum absolute atomic E-state index is 0.0488. The lowest BCUT2D eigenvalue weighted by molar-refractivity contribution is -0.205. The Labute approximate surface area is 280 Å². The number of hydrogen-bond donors (Lipinski definition) is 3. The van der Waals surface area contributed by atoms with Crippen molar-refractivity contribution in [2.45, 2.75) is 117 Å². The standard InChI is InChI=1S/C36H58N2O7S/c1-12-34(9)18-26(35(10)22(4)13-15-36(24(6)31(34)42)16-14-25(39)30(35)36)45-28(41)19-46-33(7,8)20-37-32(43)29(21(2)3)38-23(5)17-27(40)44-11/h12,17,21-22,24,26,29-31,38,42H,1,13-16,18-20H2,2-11H3,(H,37,43)/b23-17-/t22?,24-,26+,29+,30?,31?,34+,35+,36?/m0/s1. The van der Waals surface area contributed by atoms with Crippen molar-refractivity contribution in [3.8, 4) is 0 Å². The molecule has 9 atom stereocenters. The van der Waals surface area contributed by atoms with E-state index in [0.717, 1.165) is 19.3 Å². The average Bonchev–Trinajstić information content (AvgIpc) is 3.35. The summed E-state index contributed by atoms with van der Waals surface area (Å²) in [6.45, 7) is 22.3. The fraction of sp³-hybridized carbons (Fsp3) is 0.778. The molecule has 0 saturated heterocycles. The number of ether oxygens (including phenoxy) is 2. The Morgan fingerprint density at radius 2 is 1.85 bits per heavy atom. The molecular weight excluding hydrogens is 604 g/mol. The van der Waals surface area contributed by atoms with Gasteiger partial charge in [0.05, 0.1) is 19.0 Å². The molecule has 0 aromatic carbocycles. The summed E-state index contributed by atoms with van der Waals surface area (Å²) in [4.78, 5) is 52.0. The molecule has 4 unspecified atom stereocenters. The van der Waals surface area contributed by atoms with E-state index in [9.17, 15) is 24.3 Å². The number of aliphatic hydroxyl groups excluding tert-OH is 1. The fourth-order valence-electron chi connectivity index (χ4n) is 8.47. The molecule has 0 aliphatic heterocycles. The van der Waals surface area contributed by atoms with Gasteiger partial charge in [-0.05, 0) is 69.6 Å². The van der Waals surface area contributed by atoms with Gasteiger partial charge in [0, 0.05) is 46.2 Å². The molecule has 0 aromatic rings.